The van der Waals surface area contributed by atoms with Crippen LogP contribution in [-0.4, -0.2) is 32.3 Å². The first-order chi connectivity index (χ1) is 8.50. The molecule has 2 rings (SSSR count). The lowest BCUT2D eigenvalue weighted by Gasteiger charge is -2.22. The Morgan fingerprint density at radius 1 is 1.44 bits per heavy atom. The van der Waals surface area contributed by atoms with Gasteiger partial charge < -0.3 is 10.5 Å². The number of nitrogens with zero attached hydrogens (tertiary/aromatic N) is 1. The van der Waals surface area contributed by atoms with E-state index in [1.165, 1.54) is 4.31 Å². The minimum Gasteiger partial charge on any atom is -0.491 e. The number of benzene rings is 1. The lowest BCUT2D eigenvalue weighted by Crippen LogP contribution is -2.37. The number of thiocarbonyl (C=S) groups is 1. The predicted molar refractivity (Wildman–Crippen MR) is 74.5 cm³/mol. The van der Waals surface area contributed by atoms with Gasteiger partial charge >= 0.3 is 0 Å². The van der Waals surface area contributed by atoms with Gasteiger partial charge in [-0.25, -0.2) is 8.42 Å². The van der Waals surface area contributed by atoms with Crippen LogP contribution in [0, 0.1) is 0 Å². The third kappa shape index (κ3) is 2.73. The van der Waals surface area contributed by atoms with Crippen LogP contribution in [0.4, 0.5) is 5.69 Å². The van der Waals surface area contributed by atoms with Crippen molar-refractivity contribution in [2.24, 2.45) is 5.73 Å². The van der Waals surface area contributed by atoms with Crippen LogP contribution < -0.4 is 14.8 Å². The fraction of sp³-hybridized carbons (Fsp3) is 0.364. The molecule has 2 N–H and O–H groups in total. The normalized spacial score (nSPS) is 15.4. The van der Waals surface area contributed by atoms with Gasteiger partial charge in [-0.05, 0) is 12.1 Å². The number of nitrogens with two attached hydrogens (primary N) is 1. The first-order valence-corrected chi connectivity index (χ1v) is 7.53. The van der Waals surface area contributed by atoms with E-state index in [0.29, 0.717) is 31.0 Å². The number of rotatable bonds is 3. The Morgan fingerprint density at radius 3 is 2.89 bits per heavy atom. The predicted octanol–water partition coefficient (Wildman–Crippen LogP) is 0.891. The molecule has 0 amide bonds. The first kappa shape index (κ1) is 13.1. The van der Waals surface area contributed by atoms with E-state index in [1.54, 1.807) is 18.2 Å². The maximum atomic E-state index is 12.2. The molecule has 0 spiro atoms. The minimum absolute atomic E-state index is 0.0300. The van der Waals surface area contributed by atoms with Crippen LogP contribution in [-0.2, 0) is 10.0 Å². The van der Waals surface area contributed by atoms with E-state index in [1.807, 2.05) is 6.07 Å². The third-order valence-corrected chi connectivity index (χ3v) is 4.61. The van der Waals surface area contributed by atoms with E-state index in [2.05, 4.69) is 12.2 Å². The maximum absolute atomic E-state index is 12.2. The lowest BCUT2D eigenvalue weighted by molar-refractivity contribution is 0.322. The van der Waals surface area contributed by atoms with Crippen molar-refractivity contribution >= 4 is 32.9 Å². The summed E-state index contributed by atoms with van der Waals surface area (Å²) >= 11 is 4.69. The summed E-state index contributed by atoms with van der Waals surface area (Å²) in [5, 5.41) is 0. The van der Waals surface area contributed by atoms with Crippen LogP contribution in [0.5, 0.6) is 5.75 Å². The van der Waals surface area contributed by atoms with E-state index >= 15 is 0 Å². The second kappa shape index (κ2) is 5.11. The second-order valence-electron chi connectivity index (χ2n) is 3.96. The summed E-state index contributed by atoms with van der Waals surface area (Å²) in [4.78, 5) is -0.0300. The quantitative estimate of drug-likeness (QED) is 0.836. The van der Waals surface area contributed by atoms with Gasteiger partial charge in [-0.3, -0.25) is 4.31 Å². The molecule has 7 heteroatoms. The average Bonchev–Trinajstić information content (AvgIpc) is 2.49. The second-order valence-corrected chi connectivity index (χ2v) is 6.38. The summed E-state index contributed by atoms with van der Waals surface area (Å²) in [6, 6.07) is 7.06. The van der Waals surface area contributed by atoms with Crippen LogP contribution in [0.15, 0.2) is 24.3 Å². The van der Waals surface area contributed by atoms with Gasteiger partial charge in [0.25, 0.3) is 0 Å². The van der Waals surface area contributed by atoms with Gasteiger partial charge in [0, 0.05) is 13.0 Å². The molecule has 0 bridgehead atoms. The summed E-state index contributed by atoms with van der Waals surface area (Å²) in [7, 11) is -3.53. The highest BCUT2D eigenvalue weighted by molar-refractivity contribution is 7.95. The highest BCUT2D eigenvalue weighted by Crippen LogP contribution is 2.32. The third-order valence-electron chi connectivity index (χ3n) is 2.56. The SMILES string of the molecule is NC(=S)CS(=O)(=O)N1CCCOc2ccccc21. The standard InChI is InChI=1S/C11H14N2O3S2/c12-11(17)8-18(14,15)13-6-3-7-16-10-5-2-1-4-9(10)13/h1-2,4-5H,3,6-8H2,(H2,12,17). The van der Waals surface area contributed by atoms with Crippen molar-refractivity contribution in [2.45, 2.75) is 6.42 Å². The Bertz CT molecular complexity index is 557. The maximum Gasteiger partial charge on any atom is 0.241 e. The highest BCUT2D eigenvalue weighted by Gasteiger charge is 2.27. The molecule has 0 aromatic heterocycles. The van der Waals surface area contributed by atoms with Crippen LogP contribution in [0.25, 0.3) is 0 Å². The van der Waals surface area contributed by atoms with Crippen molar-refractivity contribution in [1.82, 2.24) is 0 Å². The molecule has 1 aliphatic rings. The molecule has 98 valence electrons. The molecule has 0 atom stereocenters. The van der Waals surface area contributed by atoms with Crippen LogP contribution >= 0.6 is 12.2 Å². The molecule has 0 aliphatic carbocycles. The molecular weight excluding hydrogens is 272 g/mol. The number of anilines is 1. The highest BCUT2D eigenvalue weighted by atomic mass is 32.2. The molecule has 1 aromatic carbocycles. The van der Waals surface area contributed by atoms with Gasteiger partial charge in [0.2, 0.25) is 10.0 Å². The van der Waals surface area contributed by atoms with E-state index < -0.39 is 10.0 Å². The molecule has 0 saturated heterocycles. The Labute approximate surface area is 112 Å². The molecule has 0 unspecified atom stereocenters. The summed E-state index contributed by atoms with van der Waals surface area (Å²) in [5.41, 5.74) is 5.89. The van der Waals surface area contributed by atoms with E-state index in [0.717, 1.165) is 0 Å². The van der Waals surface area contributed by atoms with E-state index in [-0.39, 0.29) is 10.7 Å². The van der Waals surface area contributed by atoms with Gasteiger partial charge in [-0.2, -0.15) is 0 Å². The molecule has 18 heavy (non-hydrogen) atoms. The Morgan fingerprint density at radius 2 is 2.17 bits per heavy atom. The number of sulfonamides is 1. The van der Waals surface area contributed by atoms with Gasteiger partial charge in [-0.15, -0.1) is 0 Å². The molecule has 0 radical (unpaired) electrons. The topological polar surface area (TPSA) is 72.6 Å². The zero-order valence-corrected chi connectivity index (χ0v) is 11.3. The van der Waals surface area contributed by atoms with Gasteiger partial charge in [0.05, 0.1) is 17.3 Å². The van der Waals surface area contributed by atoms with E-state index in [9.17, 15) is 8.42 Å². The monoisotopic (exact) mass is 286 g/mol. The Balaban J connectivity index is 2.42. The average molecular weight is 286 g/mol. The molecule has 0 fully saturated rings. The number of fused-ring (bicyclic) bond motifs is 1. The first-order valence-electron chi connectivity index (χ1n) is 5.51. The van der Waals surface area contributed by atoms with Crippen LogP contribution in [0.1, 0.15) is 6.42 Å². The summed E-state index contributed by atoms with van der Waals surface area (Å²) in [6.45, 7) is 0.873. The molecule has 0 saturated carbocycles. The molecule has 5 nitrogen and oxygen atoms in total. The van der Waals surface area contributed by atoms with Crippen LogP contribution in [0.3, 0.4) is 0 Å². The van der Waals surface area contributed by atoms with Crippen molar-refractivity contribution < 1.29 is 13.2 Å². The lowest BCUT2D eigenvalue weighted by atomic mass is 10.3. The molecule has 1 aromatic rings. The zero-order valence-electron chi connectivity index (χ0n) is 9.70. The smallest absolute Gasteiger partial charge is 0.241 e. The van der Waals surface area contributed by atoms with Crippen molar-refractivity contribution in [3.05, 3.63) is 24.3 Å². The van der Waals surface area contributed by atoms with Gasteiger partial charge in [0.1, 0.15) is 11.5 Å². The van der Waals surface area contributed by atoms with Crippen molar-refractivity contribution in [2.75, 3.05) is 23.2 Å². The number of para-hydroxylation sites is 2. The van der Waals surface area contributed by atoms with Crippen molar-refractivity contribution in [3.63, 3.8) is 0 Å². The molecular formula is C11H14N2O3S2. The zero-order chi connectivity index (χ0) is 13.2. The van der Waals surface area contributed by atoms with Crippen molar-refractivity contribution in [1.29, 1.82) is 0 Å². The van der Waals surface area contributed by atoms with Gasteiger partial charge in [-0.1, -0.05) is 24.4 Å². The van der Waals surface area contributed by atoms with Crippen LogP contribution in [0.2, 0.25) is 0 Å². The number of hydrogen-bond acceptors (Lipinski definition) is 4. The molecule has 1 heterocycles. The Kier molecular flexibility index (Phi) is 3.72. The fourth-order valence-electron chi connectivity index (χ4n) is 1.84. The summed E-state index contributed by atoms with van der Waals surface area (Å²) < 4.78 is 31.3. The fourth-order valence-corrected chi connectivity index (χ4v) is 3.66. The number of ether oxygens (including phenoxy) is 1. The van der Waals surface area contributed by atoms with E-state index in [4.69, 9.17) is 10.5 Å². The molecule has 1 aliphatic heterocycles. The minimum atomic E-state index is -3.53. The van der Waals surface area contributed by atoms with Gasteiger partial charge in [0.15, 0.2) is 0 Å². The Hall–Kier alpha value is -1.34. The number of hydrogen-bond donors (Lipinski definition) is 1. The largest absolute Gasteiger partial charge is 0.491 e. The summed E-state index contributed by atoms with van der Waals surface area (Å²) in [5.74, 6) is 0.248. The van der Waals surface area contributed by atoms with Crippen molar-refractivity contribution in [3.8, 4) is 5.75 Å². The summed E-state index contributed by atoms with van der Waals surface area (Å²) in [6.07, 6.45) is 0.630.